The number of ether oxygens (including phenoxy) is 1. The second kappa shape index (κ2) is 6.65. The van der Waals surface area contributed by atoms with Crippen molar-refractivity contribution in [2.45, 2.75) is 51.6 Å². The van der Waals surface area contributed by atoms with E-state index in [0.29, 0.717) is 18.9 Å². The molecule has 3 fully saturated rings. The van der Waals surface area contributed by atoms with Crippen LogP contribution in [-0.2, 0) is 4.74 Å². The lowest BCUT2D eigenvalue weighted by Gasteiger charge is -2.57. The van der Waals surface area contributed by atoms with Gasteiger partial charge in [0.05, 0.1) is 12.0 Å². The number of carbonyl (C=O) groups is 1. The van der Waals surface area contributed by atoms with Crippen molar-refractivity contribution in [3.8, 4) is 0 Å². The molecule has 1 N–H and O–H groups in total. The fourth-order valence-corrected chi connectivity index (χ4v) is 4.20. The summed E-state index contributed by atoms with van der Waals surface area (Å²) in [6, 6.07) is 0. The molecular weight excluding hydrogens is 328 g/mol. The largest absolute Gasteiger partial charge is 0.444 e. The number of hydrogen-bond acceptors (Lipinski definition) is 4. The summed E-state index contributed by atoms with van der Waals surface area (Å²) in [5.41, 5.74) is -1.66. The van der Waals surface area contributed by atoms with Crippen LogP contribution in [0.2, 0.25) is 0 Å². The zero-order valence-electron chi connectivity index (χ0n) is 15.6. The molecule has 0 aromatic rings. The molecule has 0 radical (unpaired) electrons. The molecule has 0 atom stereocenters. The van der Waals surface area contributed by atoms with Crippen LogP contribution in [0.1, 0.15) is 40.0 Å². The second-order valence-corrected chi connectivity index (χ2v) is 9.00. The fourth-order valence-electron chi connectivity index (χ4n) is 4.20. The summed E-state index contributed by atoms with van der Waals surface area (Å²) in [5.74, 6) is -2.23. The third-order valence-electron chi connectivity index (χ3n) is 5.72. The molecule has 144 valence electrons. The monoisotopic (exact) mass is 359 g/mol. The number of halogens is 2. The van der Waals surface area contributed by atoms with Gasteiger partial charge in [-0.15, -0.1) is 0 Å². The van der Waals surface area contributed by atoms with Gasteiger partial charge in [0, 0.05) is 19.6 Å². The molecule has 5 nitrogen and oxygen atoms in total. The third kappa shape index (κ3) is 4.08. The Morgan fingerprint density at radius 3 is 2.40 bits per heavy atom. The van der Waals surface area contributed by atoms with Crippen LogP contribution in [0.25, 0.3) is 0 Å². The molecule has 3 aliphatic rings. The van der Waals surface area contributed by atoms with Crippen LogP contribution >= 0.6 is 0 Å². The number of piperidine rings is 2. The number of carbonyl (C=O) groups excluding carboxylic acids is 1. The first-order valence-electron chi connectivity index (χ1n) is 9.39. The molecule has 3 heterocycles. The van der Waals surface area contributed by atoms with Crippen molar-refractivity contribution in [2.75, 3.05) is 45.8 Å². The zero-order chi connectivity index (χ0) is 18.3. The zero-order valence-corrected chi connectivity index (χ0v) is 15.6. The summed E-state index contributed by atoms with van der Waals surface area (Å²) in [4.78, 5) is 15.4. The Hall–Kier alpha value is -0.950. The minimum atomic E-state index is -2.75. The van der Waals surface area contributed by atoms with Gasteiger partial charge < -0.3 is 15.0 Å². The van der Waals surface area contributed by atoms with Gasteiger partial charge in [0.2, 0.25) is 0 Å². The van der Waals surface area contributed by atoms with Crippen molar-refractivity contribution in [1.29, 1.82) is 0 Å². The van der Waals surface area contributed by atoms with Gasteiger partial charge in [-0.1, -0.05) is 0 Å². The smallest absolute Gasteiger partial charge is 0.410 e. The van der Waals surface area contributed by atoms with Crippen LogP contribution in [0.15, 0.2) is 0 Å². The Kier molecular flexibility index (Phi) is 5.01. The molecule has 0 saturated carbocycles. The molecule has 3 saturated heterocycles. The highest BCUT2D eigenvalue weighted by atomic mass is 19.3. The number of likely N-dealkylation sites (tertiary alicyclic amines) is 2. The molecule has 3 rings (SSSR count). The SMILES string of the molecule is CC(C)(C)OC(=O)N1CC2(CCN(CC3CCNCC3)CC2(F)F)C1. The number of nitrogens with zero attached hydrogens (tertiary/aromatic N) is 2. The average Bonchev–Trinajstić information content (AvgIpc) is 2.43. The van der Waals surface area contributed by atoms with E-state index in [9.17, 15) is 13.6 Å². The van der Waals surface area contributed by atoms with Crippen LogP contribution in [0, 0.1) is 11.3 Å². The fraction of sp³-hybridized carbons (Fsp3) is 0.944. The van der Waals surface area contributed by atoms with E-state index in [0.717, 1.165) is 32.5 Å². The average molecular weight is 359 g/mol. The lowest BCUT2D eigenvalue weighted by molar-refractivity contribution is -0.219. The third-order valence-corrected chi connectivity index (χ3v) is 5.72. The molecule has 1 spiro atoms. The van der Waals surface area contributed by atoms with E-state index in [1.54, 1.807) is 20.8 Å². The lowest BCUT2D eigenvalue weighted by Crippen LogP contribution is -2.71. The second-order valence-electron chi connectivity index (χ2n) is 9.00. The molecule has 7 heteroatoms. The van der Waals surface area contributed by atoms with E-state index in [1.165, 1.54) is 4.90 Å². The van der Waals surface area contributed by atoms with Crippen molar-refractivity contribution < 1.29 is 18.3 Å². The van der Waals surface area contributed by atoms with Crippen LogP contribution in [-0.4, -0.2) is 73.2 Å². The van der Waals surface area contributed by atoms with Gasteiger partial charge in [0.1, 0.15) is 5.60 Å². The minimum Gasteiger partial charge on any atom is -0.444 e. The quantitative estimate of drug-likeness (QED) is 0.823. The first-order valence-corrected chi connectivity index (χ1v) is 9.39. The predicted octanol–water partition coefficient (Wildman–Crippen LogP) is 2.56. The number of amides is 1. The van der Waals surface area contributed by atoms with E-state index in [-0.39, 0.29) is 19.6 Å². The standard InChI is InChI=1S/C18H31F2N3O2/c1-16(2,3)25-15(24)23-11-17(12-23)6-9-22(13-18(17,19)20)10-14-4-7-21-8-5-14/h14,21H,4-13H2,1-3H3. The maximum Gasteiger partial charge on any atom is 0.410 e. The minimum absolute atomic E-state index is 0.107. The van der Waals surface area contributed by atoms with Gasteiger partial charge in [0.25, 0.3) is 5.92 Å². The highest BCUT2D eigenvalue weighted by molar-refractivity contribution is 5.69. The first kappa shape index (κ1) is 18.8. The Bertz CT molecular complexity index is 495. The molecule has 0 aromatic carbocycles. The van der Waals surface area contributed by atoms with E-state index in [4.69, 9.17) is 4.74 Å². The normalized spacial score (nSPS) is 27.2. The van der Waals surface area contributed by atoms with Gasteiger partial charge >= 0.3 is 6.09 Å². The highest BCUT2D eigenvalue weighted by Crippen LogP contribution is 2.50. The molecule has 0 aliphatic carbocycles. The molecule has 25 heavy (non-hydrogen) atoms. The Balaban J connectivity index is 1.53. The number of alkyl halides is 2. The van der Waals surface area contributed by atoms with Crippen molar-refractivity contribution in [2.24, 2.45) is 11.3 Å². The van der Waals surface area contributed by atoms with Crippen molar-refractivity contribution in [3.05, 3.63) is 0 Å². The van der Waals surface area contributed by atoms with Gasteiger partial charge in [0.15, 0.2) is 0 Å². The Morgan fingerprint density at radius 2 is 1.84 bits per heavy atom. The maximum atomic E-state index is 14.9. The summed E-state index contributed by atoms with van der Waals surface area (Å²) in [7, 11) is 0. The molecule has 0 bridgehead atoms. The van der Waals surface area contributed by atoms with Crippen molar-refractivity contribution in [3.63, 3.8) is 0 Å². The van der Waals surface area contributed by atoms with Crippen LogP contribution in [0.5, 0.6) is 0 Å². The molecule has 0 unspecified atom stereocenters. The summed E-state index contributed by atoms with van der Waals surface area (Å²) in [6.45, 7) is 8.83. The van der Waals surface area contributed by atoms with Crippen LogP contribution < -0.4 is 5.32 Å². The Morgan fingerprint density at radius 1 is 1.20 bits per heavy atom. The molecule has 0 aromatic heterocycles. The summed E-state index contributed by atoms with van der Waals surface area (Å²) in [6.07, 6.45) is 2.11. The topological polar surface area (TPSA) is 44.8 Å². The van der Waals surface area contributed by atoms with Crippen LogP contribution in [0.3, 0.4) is 0 Å². The van der Waals surface area contributed by atoms with E-state index in [1.807, 2.05) is 4.90 Å². The molecular formula is C18H31F2N3O2. The molecule has 1 amide bonds. The summed E-state index contributed by atoms with van der Waals surface area (Å²) in [5, 5.41) is 3.32. The summed E-state index contributed by atoms with van der Waals surface area (Å²) >= 11 is 0. The number of nitrogens with one attached hydrogen (secondary N) is 1. The molecule has 3 aliphatic heterocycles. The van der Waals surface area contributed by atoms with E-state index in [2.05, 4.69) is 5.32 Å². The van der Waals surface area contributed by atoms with Gasteiger partial charge in [-0.05, 0) is 65.6 Å². The first-order chi connectivity index (χ1) is 11.6. The summed E-state index contributed by atoms with van der Waals surface area (Å²) < 4.78 is 35.0. The van der Waals surface area contributed by atoms with Crippen molar-refractivity contribution >= 4 is 6.09 Å². The van der Waals surface area contributed by atoms with Crippen molar-refractivity contribution in [1.82, 2.24) is 15.1 Å². The maximum absolute atomic E-state index is 14.9. The van der Waals surface area contributed by atoms with E-state index >= 15 is 0 Å². The number of rotatable bonds is 2. The number of hydrogen-bond donors (Lipinski definition) is 1. The predicted molar refractivity (Wildman–Crippen MR) is 91.8 cm³/mol. The van der Waals surface area contributed by atoms with Crippen LogP contribution in [0.4, 0.5) is 13.6 Å². The lowest BCUT2D eigenvalue weighted by atomic mass is 9.69. The van der Waals surface area contributed by atoms with E-state index < -0.39 is 23.0 Å². The Labute approximate surface area is 149 Å². The highest BCUT2D eigenvalue weighted by Gasteiger charge is 2.63. The van der Waals surface area contributed by atoms with Gasteiger partial charge in [-0.3, -0.25) is 4.90 Å². The van der Waals surface area contributed by atoms with Gasteiger partial charge in [-0.25, -0.2) is 13.6 Å². The van der Waals surface area contributed by atoms with Gasteiger partial charge in [-0.2, -0.15) is 0 Å².